The van der Waals surface area contributed by atoms with Crippen LogP contribution in [-0.2, 0) is 15.1 Å². The van der Waals surface area contributed by atoms with Gasteiger partial charge in [0.15, 0.2) is 0 Å². The second kappa shape index (κ2) is 5.67. The van der Waals surface area contributed by atoms with E-state index in [0.717, 1.165) is 5.56 Å². The van der Waals surface area contributed by atoms with Gasteiger partial charge in [0.2, 0.25) is 0 Å². The first-order valence-corrected chi connectivity index (χ1v) is 6.80. The molecule has 1 N–H and O–H groups in total. The number of nitrogens with one attached hydrogen (secondary N) is 1. The number of ether oxygens (including phenoxy) is 1. The minimum Gasteiger partial charge on any atom is -0.467 e. The van der Waals surface area contributed by atoms with Gasteiger partial charge in [-0.05, 0) is 29.9 Å². The molecule has 0 fully saturated rings. The first-order chi connectivity index (χ1) is 9.80. The van der Waals surface area contributed by atoms with E-state index in [1.165, 1.54) is 7.11 Å². The van der Waals surface area contributed by atoms with Gasteiger partial charge in [0.05, 0.1) is 13.7 Å². The van der Waals surface area contributed by atoms with Crippen LogP contribution >= 0.6 is 0 Å². The lowest BCUT2D eigenvalue weighted by molar-refractivity contribution is -0.155. The van der Waals surface area contributed by atoms with E-state index in [4.69, 9.17) is 4.74 Å². The monoisotopic (exact) mass is 301 g/mol. The van der Waals surface area contributed by atoms with Gasteiger partial charge in [-0.25, -0.2) is 4.79 Å². The number of methoxy groups -OCH3 is 1. The number of benzene rings is 1. The zero-order valence-corrected chi connectivity index (χ0v) is 12.0. The number of alkyl halides is 3. The molecule has 1 aliphatic rings. The van der Waals surface area contributed by atoms with Crippen molar-refractivity contribution in [2.75, 3.05) is 13.7 Å². The number of hydrogen-bond acceptors (Lipinski definition) is 3. The van der Waals surface area contributed by atoms with Crippen molar-refractivity contribution in [1.29, 1.82) is 0 Å². The highest BCUT2D eigenvalue weighted by atomic mass is 19.4. The summed E-state index contributed by atoms with van der Waals surface area (Å²) in [4.78, 5) is 12.2. The Morgan fingerprint density at radius 3 is 2.71 bits per heavy atom. The molecule has 0 saturated carbocycles. The Morgan fingerprint density at radius 2 is 2.10 bits per heavy atom. The van der Waals surface area contributed by atoms with E-state index in [1.807, 2.05) is 19.1 Å². The first kappa shape index (κ1) is 15.8. The number of carbonyl (C=O) groups excluding carboxylic acids is 1. The minimum atomic E-state index is -4.39. The first-order valence-electron chi connectivity index (χ1n) is 6.80. The molecule has 1 aromatic carbocycles. The van der Waals surface area contributed by atoms with Gasteiger partial charge < -0.3 is 4.74 Å². The number of carbonyl (C=O) groups is 1. The van der Waals surface area contributed by atoms with Crippen molar-refractivity contribution in [2.24, 2.45) is 0 Å². The summed E-state index contributed by atoms with van der Waals surface area (Å²) in [5.74, 6) is -0.474. The number of esters is 1. The van der Waals surface area contributed by atoms with Crippen LogP contribution in [0.5, 0.6) is 0 Å². The van der Waals surface area contributed by atoms with Crippen molar-refractivity contribution in [3.63, 3.8) is 0 Å². The molecule has 21 heavy (non-hydrogen) atoms. The maximum Gasteiger partial charge on any atom is 0.401 e. The molecule has 2 atom stereocenters. The fourth-order valence-electron chi connectivity index (χ4n) is 2.93. The van der Waals surface area contributed by atoms with Gasteiger partial charge in [-0.2, -0.15) is 13.2 Å². The molecular formula is C15H18F3NO2. The van der Waals surface area contributed by atoms with Crippen molar-refractivity contribution in [2.45, 2.75) is 37.4 Å². The van der Waals surface area contributed by atoms with Crippen LogP contribution in [0.1, 0.15) is 36.8 Å². The summed E-state index contributed by atoms with van der Waals surface area (Å²) >= 11 is 0. The quantitative estimate of drug-likeness (QED) is 0.872. The van der Waals surface area contributed by atoms with Gasteiger partial charge in [-0.1, -0.05) is 31.2 Å². The molecule has 0 saturated heterocycles. The maximum atomic E-state index is 12.6. The molecule has 0 spiro atoms. The third-order valence-electron chi connectivity index (χ3n) is 4.03. The second-order valence-corrected chi connectivity index (χ2v) is 5.39. The van der Waals surface area contributed by atoms with Gasteiger partial charge >= 0.3 is 12.1 Å². The van der Waals surface area contributed by atoms with Crippen LogP contribution in [0.4, 0.5) is 13.2 Å². The molecule has 116 valence electrons. The number of rotatable bonds is 3. The Hall–Kier alpha value is -1.56. The highest BCUT2D eigenvalue weighted by Gasteiger charge is 2.47. The summed E-state index contributed by atoms with van der Waals surface area (Å²) in [7, 11) is 1.19. The van der Waals surface area contributed by atoms with Crippen molar-refractivity contribution >= 4 is 5.97 Å². The van der Waals surface area contributed by atoms with E-state index in [-0.39, 0.29) is 12.3 Å². The normalized spacial score (nSPS) is 25.3. The molecule has 2 rings (SSSR count). The molecule has 0 heterocycles. The SMILES string of the molecule is COC(=O)C1(NCC(F)(F)F)CCC(C)c2ccccc21. The predicted octanol–water partition coefficient (Wildman–Crippen LogP) is 3.10. The summed E-state index contributed by atoms with van der Waals surface area (Å²) in [6.07, 6.45) is -3.48. The van der Waals surface area contributed by atoms with Gasteiger partial charge in [0, 0.05) is 0 Å². The summed E-state index contributed by atoms with van der Waals surface area (Å²) in [6, 6.07) is 7.10. The molecule has 1 aliphatic carbocycles. The van der Waals surface area contributed by atoms with E-state index in [1.54, 1.807) is 12.1 Å². The molecule has 0 aromatic heterocycles. The zero-order valence-electron chi connectivity index (χ0n) is 12.0. The van der Waals surface area contributed by atoms with Gasteiger partial charge in [0.1, 0.15) is 5.54 Å². The summed E-state index contributed by atoms with van der Waals surface area (Å²) in [5, 5.41) is 2.40. The molecule has 0 amide bonds. The van der Waals surface area contributed by atoms with Gasteiger partial charge in [-0.3, -0.25) is 5.32 Å². The van der Waals surface area contributed by atoms with Crippen molar-refractivity contribution < 1.29 is 22.7 Å². The van der Waals surface area contributed by atoms with Crippen molar-refractivity contribution in [3.8, 4) is 0 Å². The fraction of sp³-hybridized carbons (Fsp3) is 0.533. The van der Waals surface area contributed by atoms with Crippen molar-refractivity contribution in [1.82, 2.24) is 5.32 Å². The average molecular weight is 301 g/mol. The maximum absolute atomic E-state index is 12.6. The predicted molar refractivity (Wildman–Crippen MR) is 71.8 cm³/mol. The van der Waals surface area contributed by atoms with E-state index in [9.17, 15) is 18.0 Å². The number of halogens is 3. The molecule has 3 nitrogen and oxygen atoms in total. The lowest BCUT2D eigenvalue weighted by Gasteiger charge is -2.39. The Balaban J connectivity index is 2.46. The highest BCUT2D eigenvalue weighted by molar-refractivity contribution is 5.83. The van der Waals surface area contributed by atoms with Crippen LogP contribution in [0.25, 0.3) is 0 Å². The number of fused-ring (bicyclic) bond motifs is 1. The molecule has 0 radical (unpaired) electrons. The highest BCUT2D eigenvalue weighted by Crippen LogP contribution is 2.42. The lowest BCUT2D eigenvalue weighted by atomic mass is 9.72. The van der Waals surface area contributed by atoms with Crippen LogP contribution < -0.4 is 5.32 Å². The number of hydrogen-bond donors (Lipinski definition) is 1. The van der Waals surface area contributed by atoms with E-state index in [2.05, 4.69) is 5.32 Å². The van der Waals surface area contributed by atoms with Crippen LogP contribution in [0.2, 0.25) is 0 Å². The molecule has 0 aliphatic heterocycles. The molecule has 2 unspecified atom stereocenters. The van der Waals surface area contributed by atoms with Crippen LogP contribution in [0.15, 0.2) is 24.3 Å². The van der Waals surface area contributed by atoms with Crippen LogP contribution in [0.3, 0.4) is 0 Å². The third-order valence-corrected chi connectivity index (χ3v) is 4.03. The Morgan fingerprint density at radius 1 is 1.43 bits per heavy atom. The summed E-state index contributed by atoms with van der Waals surface area (Å²) in [5.41, 5.74) is 0.0524. The standard InChI is InChI=1S/C15H18F3NO2/c1-10-7-8-14(13(20)21-2,19-9-15(16,17)18)12-6-4-3-5-11(10)12/h3-6,10,19H,7-9H2,1-2H3. The van der Waals surface area contributed by atoms with Crippen LogP contribution in [0, 0.1) is 0 Å². The van der Waals surface area contributed by atoms with Crippen LogP contribution in [-0.4, -0.2) is 25.8 Å². The lowest BCUT2D eigenvalue weighted by Crippen LogP contribution is -2.54. The second-order valence-electron chi connectivity index (χ2n) is 5.39. The van der Waals surface area contributed by atoms with E-state index >= 15 is 0 Å². The Kier molecular flexibility index (Phi) is 4.27. The third kappa shape index (κ3) is 3.05. The minimum absolute atomic E-state index is 0.201. The average Bonchev–Trinajstić information content (AvgIpc) is 2.46. The zero-order chi connectivity index (χ0) is 15.7. The summed E-state index contributed by atoms with van der Waals surface area (Å²) < 4.78 is 42.5. The summed E-state index contributed by atoms with van der Waals surface area (Å²) in [6.45, 7) is 0.772. The van der Waals surface area contributed by atoms with Gasteiger partial charge in [0.25, 0.3) is 0 Å². The topological polar surface area (TPSA) is 38.3 Å². The Labute approximate surface area is 121 Å². The molecule has 0 bridgehead atoms. The molecular weight excluding hydrogens is 283 g/mol. The fourth-order valence-corrected chi connectivity index (χ4v) is 2.93. The van der Waals surface area contributed by atoms with E-state index in [0.29, 0.717) is 12.0 Å². The smallest absolute Gasteiger partial charge is 0.401 e. The van der Waals surface area contributed by atoms with Gasteiger partial charge in [-0.15, -0.1) is 0 Å². The Bertz CT molecular complexity index is 530. The molecule has 6 heteroatoms. The molecule has 1 aromatic rings. The van der Waals surface area contributed by atoms with E-state index < -0.39 is 24.2 Å². The largest absolute Gasteiger partial charge is 0.467 e. The van der Waals surface area contributed by atoms with Crippen molar-refractivity contribution in [3.05, 3.63) is 35.4 Å².